The summed E-state index contributed by atoms with van der Waals surface area (Å²) in [6.07, 6.45) is -1.56. The second-order valence-corrected chi connectivity index (χ2v) is 3.84. The van der Waals surface area contributed by atoms with Gasteiger partial charge in [0.15, 0.2) is 17.7 Å². The molecule has 0 radical (unpaired) electrons. The van der Waals surface area contributed by atoms with E-state index in [1.54, 1.807) is 6.92 Å². The lowest BCUT2D eigenvalue weighted by molar-refractivity contribution is -0.153. The van der Waals surface area contributed by atoms with E-state index in [4.69, 9.17) is 5.11 Å². The number of aromatic hydroxyl groups is 1. The third-order valence-corrected chi connectivity index (χ3v) is 2.47. The highest BCUT2D eigenvalue weighted by Gasteiger charge is 2.21. The second kappa shape index (κ2) is 5.27. The van der Waals surface area contributed by atoms with Crippen molar-refractivity contribution in [3.63, 3.8) is 0 Å². The second-order valence-electron chi connectivity index (χ2n) is 2.99. The fourth-order valence-electron chi connectivity index (χ4n) is 1.10. The predicted octanol–water partition coefficient (Wildman–Crippen LogP) is 1.89. The highest BCUT2D eigenvalue weighted by molar-refractivity contribution is 9.10. The Bertz CT molecular complexity index is 385. The molecule has 16 heavy (non-hydrogen) atoms. The molecule has 0 amide bonds. The molecule has 88 valence electrons. The minimum Gasteiger partial charge on any atom is -0.504 e. The van der Waals surface area contributed by atoms with Gasteiger partial charge in [0.25, 0.3) is 0 Å². The molecule has 0 heterocycles. The number of phenols is 1. The average molecular weight is 293 g/mol. The van der Waals surface area contributed by atoms with Crippen molar-refractivity contribution in [1.29, 1.82) is 0 Å². The van der Waals surface area contributed by atoms with Crippen LogP contribution in [-0.4, -0.2) is 22.8 Å². The third kappa shape index (κ3) is 2.70. The quantitative estimate of drug-likeness (QED) is 0.835. The standard InChI is InChI=1S/C10H10BrFO4/c1-2-16-10(15)8(13)5-3-6(11)9(14)7(12)4-5/h3-4,8,13-14H,2H2,1H3. The smallest absolute Gasteiger partial charge is 0.339 e. The lowest BCUT2D eigenvalue weighted by Crippen LogP contribution is -2.15. The first-order valence-electron chi connectivity index (χ1n) is 4.50. The Morgan fingerprint density at radius 1 is 1.62 bits per heavy atom. The molecule has 1 unspecified atom stereocenters. The van der Waals surface area contributed by atoms with Crippen LogP contribution < -0.4 is 0 Å². The summed E-state index contributed by atoms with van der Waals surface area (Å²) < 4.78 is 17.7. The maximum Gasteiger partial charge on any atom is 0.339 e. The van der Waals surface area contributed by atoms with E-state index >= 15 is 0 Å². The molecule has 6 heteroatoms. The summed E-state index contributed by atoms with van der Waals surface area (Å²) in [7, 11) is 0. The van der Waals surface area contributed by atoms with E-state index in [9.17, 15) is 14.3 Å². The summed E-state index contributed by atoms with van der Waals surface area (Å²) in [5.74, 6) is -2.35. The number of benzene rings is 1. The van der Waals surface area contributed by atoms with Gasteiger partial charge in [0.05, 0.1) is 11.1 Å². The van der Waals surface area contributed by atoms with Gasteiger partial charge in [-0.05, 0) is 40.5 Å². The molecule has 1 atom stereocenters. The van der Waals surface area contributed by atoms with Gasteiger partial charge in [-0.1, -0.05) is 0 Å². The molecule has 0 aliphatic rings. The summed E-state index contributed by atoms with van der Waals surface area (Å²) in [6, 6.07) is 2.13. The molecule has 1 rings (SSSR count). The summed E-state index contributed by atoms with van der Waals surface area (Å²) in [6.45, 7) is 1.72. The fraction of sp³-hybridized carbons (Fsp3) is 0.300. The summed E-state index contributed by atoms with van der Waals surface area (Å²) in [5.41, 5.74) is 0.0145. The molecule has 1 aromatic carbocycles. The SMILES string of the molecule is CCOC(=O)C(O)c1cc(F)c(O)c(Br)c1. The molecule has 4 nitrogen and oxygen atoms in total. The lowest BCUT2D eigenvalue weighted by Gasteiger charge is -2.11. The number of ether oxygens (including phenoxy) is 1. The Morgan fingerprint density at radius 2 is 2.25 bits per heavy atom. The first-order valence-corrected chi connectivity index (χ1v) is 5.29. The van der Waals surface area contributed by atoms with Crippen molar-refractivity contribution < 1.29 is 24.1 Å². The summed E-state index contributed by atoms with van der Waals surface area (Å²) in [4.78, 5) is 11.2. The highest BCUT2D eigenvalue weighted by Crippen LogP contribution is 2.30. The van der Waals surface area contributed by atoms with Crippen molar-refractivity contribution in [3.8, 4) is 5.75 Å². The van der Waals surface area contributed by atoms with Gasteiger partial charge in [0, 0.05) is 0 Å². The van der Waals surface area contributed by atoms with Gasteiger partial charge in [-0.2, -0.15) is 0 Å². The molecule has 0 aliphatic heterocycles. The number of hydrogen-bond acceptors (Lipinski definition) is 4. The summed E-state index contributed by atoms with van der Waals surface area (Å²) in [5, 5.41) is 18.7. The molecular formula is C10H10BrFO4. The monoisotopic (exact) mass is 292 g/mol. The lowest BCUT2D eigenvalue weighted by atomic mass is 10.1. The first kappa shape index (κ1) is 12.9. The van der Waals surface area contributed by atoms with Crippen molar-refractivity contribution in [3.05, 3.63) is 28.0 Å². The van der Waals surface area contributed by atoms with E-state index in [0.29, 0.717) is 0 Å². The van der Waals surface area contributed by atoms with E-state index < -0.39 is 23.6 Å². The molecule has 0 saturated heterocycles. The van der Waals surface area contributed by atoms with Gasteiger partial charge in [0.1, 0.15) is 0 Å². The molecule has 0 saturated carbocycles. The van der Waals surface area contributed by atoms with Crippen LogP contribution in [0.3, 0.4) is 0 Å². The number of phenolic OH excluding ortho intramolecular Hbond substituents is 1. The van der Waals surface area contributed by atoms with Gasteiger partial charge >= 0.3 is 5.97 Å². The van der Waals surface area contributed by atoms with Crippen molar-refractivity contribution in [2.75, 3.05) is 6.61 Å². The van der Waals surface area contributed by atoms with Gasteiger partial charge in [0.2, 0.25) is 0 Å². The average Bonchev–Trinajstić information content (AvgIpc) is 2.24. The van der Waals surface area contributed by atoms with Crippen LogP contribution in [0.15, 0.2) is 16.6 Å². The van der Waals surface area contributed by atoms with E-state index in [2.05, 4.69) is 20.7 Å². The maximum atomic E-state index is 13.1. The van der Waals surface area contributed by atoms with Crippen LogP contribution in [-0.2, 0) is 9.53 Å². The van der Waals surface area contributed by atoms with E-state index in [1.807, 2.05) is 0 Å². The number of carbonyl (C=O) groups is 1. The number of carbonyl (C=O) groups excluding carboxylic acids is 1. The molecule has 0 fully saturated rings. The minimum absolute atomic E-state index is 0.0145. The Balaban J connectivity index is 3.01. The molecule has 0 aliphatic carbocycles. The molecule has 2 N–H and O–H groups in total. The highest BCUT2D eigenvalue weighted by atomic mass is 79.9. The van der Waals surface area contributed by atoms with E-state index in [1.165, 1.54) is 6.07 Å². The Morgan fingerprint density at radius 3 is 2.75 bits per heavy atom. The number of esters is 1. The van der Waals surface area contributed by atoms with Crippen LogP contribution >= 0.6 is 15.9 Å². The molecular weight excluding hydrogens is 283 g/mol. The number of hydrogen-bond donors (Lipinski definition) is 2. The van der Waals surface area contributed by atoms with Crippen LogP contribution in [0.4, 0.5) is 4.39 Å². The van der Waals surface area contributed by atoms with Crippen LogP contribution in [0.2, 0.25) is 0 Å². The van der Waals surface area contributed by atoms with Crippen LogP contribution in [0, 0.1) is 5.82 Å². The Labute approximate surface area is 99.8 Å². The van der Waals surface area contributed by atoms with Crippen molar-refractivity contribution in [2.45, 2.75) is 13.0 Å². The zero-order chi connectivity index (χ0) is 12.3. The number of rotatable bonds is 3. The van der Waals surface area contributed by atoms with E-state index in [0.717, 1.165) is 6.07 Å². The van der Waals surface area contributed by atoms with E-state index in [-0.39, 0.29) is 16.6 Å². The Hall–Kier alpha value is -1.14. The zero-order valence-electron chi connectivity index (χ0n) is 8.41. The van der Waals surface area contributed by atoms with Crippen LogP contribution in [0.5, 0.6) is 5.75 Å². The van der Waals surface area contributed by atoms with Crippen molar-refractivity contribution in [1.82, 2.24) is 0 Å². The van der Waals surface area contributed by atoms with Crippen molar-refractivity contribution in [2.24, 2.45) is 0 Å². The summed E-state index contributed by atoms with van der Waals surface area (Å²) >= 11 is 2.90. The van der Waals surface area contributed by atoms with Gasteiger partial charge in [-0.25, -0.2) is 9.18 Å². The third-order valence-electron chi connectivity index (χ3n) is 1.86. The number of halogens is 2. The van der Waals surface area contributed by atoms with Crippen molar-refractivity contribution >= 4 is 21.9 Å². The topological polar surface area (TPSA) is 66.8 Å². The first-order chi connectivity index (χ1) is 7.47. The predicted molar refractivity (Wildman–Crippen MR) is 57.4 cm³/mol. The largest absolute Gasteiger partial charge is 0.504 e. The number of aliphatic hydroxyl groups excluding tert-OH is 1. The normalized spacial score (nSPS) is 12.2. The molecule has 1 aromatic rings. The van der Waals surface area contributed by atoms with Crippen LogP contribution in [0.25, 0.3) is 0 Å². The van der Waals surface area contributed by atoms with Gasteiger partial charge in [-0.3, -0.25) is 0 Å². The number of aliphatic hydroxyl groups is 1. The molecule has 0 aromatic heterocycles. The minimum atomic E-state index is -1.56. The maximum absolute atomic E-state index is 13.1. The van der Waals surface area contributed by atoms with Crippen LogP contribution in [0.1, 0.15) is 18.6 Å². The molecule has 0 bridgehead atoms. The Kier molecular flexibility index (Phi) is 4.26. The fourth-order valence-corrected chi connectivity index (χ4v) is 1.55. The molecule has 0 spiro atoms. The zero-order valence-corrected chi connectivity index (χ0v) is 9.99. The van der Waals surface area contributed by atoms with Gasteiger partial charge in [-0.15, -0.1) is 0 Å². The van der Waals surface area contributed by atoms with Gasteiger partial charge < -0.3 is 14.9 Å².